The normalized spacial score (nSPS) is 14.9. The number of hydrogen-bond acceptors (Lipinski definition) is 5. The highest BCUT2D eigenvalue weighted by Crippen LogP contribution is 2.27. The molecule has 8 nitrogen and oxygen atoms in total. The SMILES string of the molecule is CCOC(=O)c1ccc(-n2c(C)cc(/C=C3\C(=O)NC(=O)N(c4cccc(Cl)c4)C3=O)c2C)cc1. The summed E-state index contributed by atoms with van der Waals surface area (Å²) in [5, 5.41) is 2.56. The molecule has 2 aromatic carbocycles. The molecule has 4 amide bonds. The number of anilines is 1. The molecule has 0 spiro atoms. The van der Waals surface area contributed by atoms with E-state index in [9.17, 15) is 19.2 Å². The molecule has 3 aromatic rings. The number of carbonyl (C=O) groups excluding carboxylic acids is 4. The third-order valence-corrected chi connectivity index (χ3v) is 5.81. The van der Waals surface area contributed by atoms with Gasteiger partial charge in [0.05, 0.1) is 17.9 Å². The Morgan fingerprint density at radius 3 is 2.40 bits per heavy atom. The maximum Gasteiger partial charge on any atom is 0.338 e. The van der Waals surface area contributed by atoms with Gasteiger partial charge in [-0.3, -0.25) is 14.9 Å². The van der Waals surface area contributed by atoms with E-state index in [0.29, 0.717) is 22.8 Å². The number of aryl methyl sites for hydroxylation is 1. The van der Waals surface area contributed by atoms with Gasteiger partial charge in [0.25, 0.3) is 11.8 Å². The van der Waals surface area contributed by atoms with Gasteiger partial charge >= 0.3 is 12.0 Å². The zero-order chi connectivity index (χ0) is 25.3. The van der Waals surface area contributed by atoms with Crippen LogP contribution in [-0.4, -0.2) is 35.0 Å². The van der Waals surface area contributed by atoms with E-state index >= 15 is 0 Å². The standard InChI is InChI=1S/C26H22ClN3O5/c1-4-35-25(33)17-8-10-20(11-9-17)29-15(2)12-18(16(29)3)13-22-23(31)28-26(34)30(24(22)32)21-7-5-6-19(27)14-21/h5-14H,4H2,1-3H3,(H,28,31,34)/b22-13+. The molecule has 2 heterocycles. The molecule has 0 bridgehead atoms. The van der Waals surface area contributed by atoms with Crippen LogP contribution in [0.3, 0.4) is 0 Å². The second-order valence-electron chi connectivity index (χ2n) is 7.87. The summed E-state index contributed by atoms with van der Waals surface area (Å²) < 4.78 is 6.96. The number of carbonyl (C=O) groups is 4. The molecule has 4 rings (SSSR count). The van der Waals surface area contributed by atoms with Crippen molar-refractivity contribution in [1.29, 1.82) is 0 Å². The molecule has 0 atom stereocenters. The van der Waals surface area contributed by atoms with E-state index in [0.717, 1.165) is 22.0 Å². The second-order valence-corrected chi connectivity index (χ2v) is 8.30. The molecule has 1 saturated heterocycles. The first-order valence-corrected chi connectivity index (χ1v) is 11.2. The molecule has 35 heavy (non-hydrogen) atoms. The minimum absolute atomic E-state index is 0.178. The average Bonchev–Trinajstić information content (AvgIpc) is 3.09. The van der Waals surface area contributed by atoms with Crippen LogP contribution in [0.15, 0.2) is 60.2 Å². The number of benzene rings is 2. The number of barbiturate groups is 1. The predicted octanol–water partition coefficient (Wildman–Crippen LogP) is 4.59. The van der Waals surface area contributed by atoms with Gasteiger partial charge in [0, 0.05) is 22.1 Å². The van der Waals surface area contributed by atoms with Crippen LogP contribution in [0.4, 0.5) is 10.5 Å². The number of amides is 4. The molecule has 1 fully saturated rings. The number of ether oxygens (including phenoxy) is 1. The average molecular weight is 492 g/mol. The largest absolute Gasteiger partial charge is 0.462 e. The van der Waals surface area contributed by atoms with Crippen molar-refractivity contribution < 1.29 is 23.9 Å². The predicted molar refractivity (Wildman–Crippen MR) is 132 cm³/mol. The Hall–Kier alpha value is -4.17. The fourth-order valence-electron chi connectivity index (χ4n) is 3.95. The molecule has 9 heteroatoms. The van der Waals surface area contributed by atoms with Crippen molar-refractivity contribution in [3.63, 3.8) is 0 Å². The molecular formula is C26H22ClN3O5. The Morgan fingerprint density at radius 2 is 1.74 bits per heavy atom. The molecule has 0 unspecified atom stereocenters. The van der Waals surface area contributed by atoms with Gasteiger partial charge < -0.3 is 9.30 Å². The number of imide groups is 2. The molecule has 0 radical (unpaired) electrons. The van der Waals surface area contributed by atoms with Gasteiger partial charge in [0.2, 0.25) is 0 Å². The number of halogens is 1. The summed E-state index contributed by atoms with van der Waals surface area (Å²) in [7, 11) is 0. The highest BCUT2D eigenvalue weighted by atomic mass is 35.5. The summed E-state index contributed by atoms with van der Waals surface area (Å²) in [5.74, 6) is -1.92. The van der Waals surface area contributed by atoms with Crippen molar-refractivity contribution in [2.45, 2.75) is 20.8 Å². The Kier molecular flexibility index (Phi) is 6.57. The van der Waals surface area contributed by atoms with Crippen LogP contribution in [0.5, 0.6) is 0 Å². The number of nitrogens with one attached hydrogen (secondary N) is 1. The second kappa shape index (κ2) is 9.60. The minimum atomic E-state index is -0.841. The molecule has 1 aromatic heterocycles. The minimum Gasteiger partial charge on any atom is -0.462 e. The Labute approximate surface area is 206 Å². The Morgan fingerprint density at radius 1 is 1.03 bits per heavy atom. The van der Waals surface area contributed by atoms with Crippen LogP contribution in [0.2, 0.25) is 5.02 Å². The maximum atomic E-state index is 13.2. The fourth-order valence-corrected chi connectivity index (χ4v) is 4.14. The molecule has 1 aliphatic rings. The molecule has 1 aliphatic heterocycles. The summed E-state index contributed by atoms with van der Waals surface area (Å²) in [6.07, 6.45) is 1.47. The first kappa shape index (κ1) is 24.0. The highest BCUT2D eigenvalue weighted by molar-refractivity contribution is 6.39. The van der Waals surface area contributed by atoms with Crippen LogP contribution in [0, 0.1) is 13.8 Å². The zero-order valence-electron chi connectivity index (χ0n) is 19.3. The van der Waals surface area contributed by atoms with Gasteiger partial charge in [0.15, 0.2) is 0 Å². The monoisotopic (exact) mass is 491 g/mol. The van der Waals surface area contributed by atoms with Gasteiger partial charge in [-0.2, -0.15) is 0 Å². The van der Waals surface area contributed by atoms with Crippen molar-refractivity contribution in [2.24, 2.45) is 0 Å². The quantitative estimate of drug-likeness (QED) is 0.320. The first-order valence-electron chi connectivity index (χ1n) is 10.8. The summed E-state index contributed by atoms with van der Waals surface area (Å²) in [6, 6.07) is 14.2. The summed E-state index contributed by atoms with van der Waals surface area (Å²) >= 11 is 6.02. The Balaban J connectivity index is 1.70. The van der Waals surface area contributed by atoms with Gasteiger partial charge in [-0.1, -0.05) is 17.7 Å². The first-order chi connectivity index (χ1) is 16.7. The van der Waals surface area contributed by atoms with E-state index in [2.05, 4.69) is 5.32 Å². The summed E-state index contributed by atoms with van der Waals surface area (Å²) in [4.78, 5) is 51.0. The third-order valence-electron chi connectivity index (χ3n) is 5.57. The van der Waals surface area contributed by atoms with E-state index in [-0.39, 0.29) is 11.3 Å². The topological polar surface area (TPSA) is 97.7 Å². The van der Waals surface area contributed by atoms with Crippen molar-refractivity contribution in [3.05, 3.63) is 87.7 Å². The van der Waals surface area contributed by atoms with Gasteiger partial charge in [0.1, 0.15) is 5.57 Å². The van der Waals surface area contributed by atoms with Crippen LogP contribution in [-0.2, 0) is 14.3 Å². The zero-order valence-corrected chi connectivity index (χ0v) is 20.1. The van der Waals surface area contributed by atoms with Crippen LogP contribution in [0.25, 0.3) is 11.8 Å². The van der Waals surface area contributed by atoms with Crippen LogP contribution < -0.4 is 10.2 Å². The number of nitrogens with zero attached hydrogens (tertiary/aromatic N) is 2. The van der Waals surface area contributed by atoms with E-state index in [1.165, 1.54) is 12.1 Å². The number of aromatic nitrogens is 1. The fraction of sp³-hybridized carbons (Fsp3) is 0.154. The number of hydrogen-bond donors (Lipinski definition) is 1. The molecular weight excluding hydrogens is 470 g/mol. The van der Waals surface area contributed by atoms with Crippen LogP contribution in [0.1, 0.15) is 34.2 Å². The number of urea groups is 1. The smallest absolute Gasteiger partial charge is 0.338 e. The lowest BCUT2D eigenvalue weighted by Gasteiger charge is -2.26. The van der Waals surface area contributed by atoms with E-state index in [1.807, 2.05) is 24.5 Å². The van der Waals surface area contributed by atoms with Crippen LogP contribution >= 0.6 is 11.6 Å². The third kappa shape index (κ3) is 4.61. The maximum absolute atomic E-state index is 13.2. The number of esters is 1. The summed E-state index contributed by atoms with van der Waals surface area (Å²) in [6.45, 7) is 5.78. The molecule has 1 N–H and O–H groups in total. The van der Waals surface area contributed by atoms with Gasteiger partial charge in [-0.05, 0) is 80.9 Å². The van der Waals surface area contributed by atoms with Gasteiger partial charge in [-0.25, -0.2) is 14.5 Å². The molecule has 0 aliphatic carbocycles. The lowest BCUT2D eigenvalue weighted by Crippen LogP contribution is -2.54. The van der Waals surface area contributed by atoms with Crippen molar-refractivity contribution in [2.75, 3.05) is 11.5 Å². The Bertz CT molecular complexity index is 1390. The van der Waals surface area contributed by atoms with E-state index < -0.39 is 23.8 Å². The summed E-state index contributed by atoms with van der Waals surface area (Å²) in [5.41, 5.74) is 3.57. The highest BCUT2D eigenvalue weighted by Gasteiger charge is 2.37. The molecule has 178 valence electrons. The molecule has 0 saturated carbocycles. The van der Waals surface area contributed by atoms with Crippen molar-refractivity contribution in [3.8, 4) is 5.69 Å². The number of rotatable bonds is 5. The lowest BCUT2D eigenvalue weighted by atomic mass is 10.1. The van der Waals surface area contributed by atoms with Gasteiger partial charge in [-0.15, -0.1) is 0 Å². The van der Waals surface area contributed by atoms with Crippen molar-refractivity contribution in [1.82, 2.24) is 9.88 Å². The lowest BCUT2D eigenvalue weighted by molar-refractivity contribution is -0.122. The van der Waals surface area contributed by atoms with E-state index in [1.54, 1.807) is 49.4 Å². The van der Waals surface area contributed by atoms with Crippen molar-refractivity contribution >= 4 is 47.2 Å². The van der Waals surface area contributed by atoms with E-state index in [4.69, 9.17) is 16.3 Å².